The Labute approximate surface area is 86.9 Å². The molecule has 1 atom stereocenters. The van der Waals surface area contributed by atoms with Crippen LogP contribution in [0.5, 0.6) is 0 Å². The summed E-state index contributed by atoms with van der Waals surface area (Å²) in [5.74, 6) is 1.01. The standard InChI is InChI=1S/C12H23NO/c13-9-12(14,11-7-8-11)10-5-3-1-2-4-6-10/h10-11,14H,1-9,13H2. The predicted octanol–water partition coefficient (Wildman–Crippen LogP) is 2.06. The van der Waals surface area contributed by atoms with Crippen LogP contribution < -0.4 is 5.73 Å². The maximum absolute atomic E-state index is 10.6. The average Bonchev–Trinajstić information content (AvgIpc) is 3.03. The van der Waals surface area contributed by atoms with Gasteiger partial charge in [-0.05, 0) is 37.5 Å². The normalized spacial score (nSPS) is 29.6. The zero-order valence-electron chi connectivity index (χ0n) is 9.04. The van der Waals surface area contributed by atoms with Gasteiger partial charge in [0.2, 0.25) is 0 Å². The molecule has 2 aliphatic rings. The van der Waals surface area contributed by atoms with Crippen molar-refractivity contribution in [1.29, 1.82) is 0 Å². The molecule has 0 spiro atoms. The second-order valence-electron chi connectivity index (χ2n) is 5.16. The minimum Gasteiger partial charge on any atom is -0.388 e. The lowest BCUT2D eigenvalue weighted by atomic mass is 9.78. The van der Waals surface area contributed by atoms with Crippen LogP contribution in [0.25, 0.3) is 0 Å². The second-order valence-corrected chi connectivity index (χ2v) is 5.16. The molecule has 2 saturated carbocycles. The Morgan fingerprint density at radius 1 is 0.929 bits per heavy atom. The SMILES string of the molecule is NCC(O)(C1CCCCCC1)C1CC1. The first-order valence-corrected chi connectivity index (χ1v) is 6.20. The molecule has 1 unspecified atom stereocenters. The molecule has 0 amide bonds. The molecule has 2 aliphatic carbocycles. The maximum atomic E-state index is 10.6. The molecule has 2 nitrogen and oxygen atoms in total. The van der Waals surface area contributed by atoms with Crippen molar-refractivity contribution in [3.63, 3.8) is 0 Å². The van der Waals surface area contributed by atoms with Gasteiger partial charge in [0, 0.05) is 6.54 Å². The van der Waals surface area contributed by atoms with Gasteiger partial charge in [0.25, 0.3) is 0 Å². The van der Waals surface area contributed by atoms with E-state index in [-0.39, 0.29) is 0 Å². The molecule has 0 aliphatic heterocycles. The first kappa shape index (κ1) is 10.4. The van der Waals surface area contributed by atoms with E-state index >= 15 is 0 Å². The third kappa shape index (κ3) is 1.96. The largest absolute Gasteiger partial charge is 0.388 e. The maximum Gasteiger partial charge on any atom is 0.0825 e. The molecule has 2 rings (SSSR count). The number of hydrogen-bond donors (Lipinski definition) is 2. The van der Waals surface area contributed by atoms with Crippen molar-refractivity contribution in [2.24, 2.45) is 17.6 Å². The molecule has 0 aromatic heterocycles. The van der Waals surface area contributed by atoms with Crippen LogP contribution in [-0.2, 0) is 0 Å². The highest BCUT2D eigenvalue weighted by molar-refractivity contribution is 5.00. The minimum atomic E-state index is -0.510. The lowest BCUT2D eigenvalue weighted by Crippen LogP contribution is -2.47. The molecule has 0 aromatic carbocycles. The van der Waals surface area contributed by atoms with Crippen molar-refractivity contribution >= 4 is 0 Å². The summed E-state index contributed by atoms with van der Waals surface area (Å²) in [5.41, 5.74) is 5.27. The highest BCUT2D eigenvalue weighted by atomic mass is 16.3. The van der Waals surface area contributed by atoms with E-state index in [0.29, 0.717) is 18.4 Å². The predicted molar refractivity (Wildman–Crippen MR) is 57.9 cm³/mol. The smallest absolute Gasteiger partial charge is 0.0825 e. The number of nitrogens with two attached hydrogens (primary N) is 1. The first-order valence-electron chi connectivity index (χ1n) is 6.20. The third-order valence-electron chi connectivity index (χ3n) is 4.17. The molecule has 14 heavy (non-hydrogen) atoms. The van der Waals surface area contributed by atoms with Crippen LogP contribution in [0, 0.1) is 11.8 Å². The third-order valence-corrected chi connectivity index (χ3v) is 4.17. The quantitative estimate of drug-likeness (QED) is 0.680. The fourth-order valence-corrected chi connectivity index (χ4v) is 3.03. The Hall–Kier alpha value is -0.0800. The fourth-order valence-electron chi connectivity index (χ4n) is 3.03. The van der Waals surface area contributed by atoms with E-state index in [1.165, 1.54) is 51.4 Å². The monoisotopic (exact) mass is 197 g/mol. The summed E-state index contributed by atoms with van der Waals surface area (Å²) in [6, 6.07) is 0. The molecule has 0 heterocycles. The molecular formula is C12H23NO. The second kappa shape index (κ2) is 4.19. The number of hydrogen-bond acceptors (Lipinski definition) is 2. The van der Waals surface area contributed by atoms with Crippen LogP contribution in [0.2, 0.25) is 0 Å². The van der Waals surface area contributed by atoms with Crippen molar-refractivity contribution < 1.29 is 5.11 Å². The van der Waals surface area contributed by atoms with Crippen molar-refractivity contribution in [3.05, 3.63) is 0 Å². The van der Waals surface area contributed by atoms with E-state index in [0.717, 1.165) is 0 Å². The summed E-state index contributed by atoms with van der Waals surface area (Å²) in [6.45, 7) is 0.475. The summed E-state index contributed by atoms with van der Waals surface area (Å²) in [4.78, 5) is 0. The highest BCUT2D eigenvalue weighted by Crippen LogP contribution is 2.46. The van der Waals surface area contributed by atoms with E-state index in [9.17, 15) is 5.11 Å². The highest BCUT2D eigenvalue weighted by Gasteiger charge is 2.47. The van der Waals surface area contributed by atoms with Crippen LogP contribution in [0.3, 0.4) is 0 Å². The summed E-state index contributed by atoms with van der Waals surface area (Å²) < 4.78 is 0. The van der Waals surface area contributed by atoms with Crippen LogP contribution in [0.15, 0.2) is 0 Å². The summed E-state index contributed by atoms with van der Waals surface area (Å²) >= 11 is 0. The topological polar surface area (TPSA) is 46.2 Å². The molecule has 0 bridgehead atoms. The van der Waals surface area contributed by atoms with Gasteiger partial charge >= 0.3 is 0 Å². The zero-order valence-corrected chi connectivity index (χ0v) is 9.04. The van der Waals surface area contributed by atoms with Gasteiger partial charge in [0.15, 0.2) is 0 Å². The van der Waals surface area contributed by atoms with Crippen LogP contribution in [0.4, 0.5) is 0 Å². The molecule has 2 fully saturated rings. The van der Waals surface area contributed by atoms with Gasteiger partial charge in [-0.25, -0.2) is 0 Å². The van der Waals surface area contributed by atoms with Gasteiger partial charge in [-0.3, -0.25) is 0 Å². The van der Waals surface area contributed by atoms with Gasteiger partial charge < -0.3 is 10.8 Å². The van der Waals surface area contributed by atoms with E-state index in [4.69, 9.17) is 5.73 Å². The molecular weight excluding hydrogens is 174 g/mol. The molecule has 0 aromatic rings. The van der Waals surface area contributed by atoms with E-state index in [2.05, 4.69) is 0 Å². The van der Waals surface area contributed by atoms with Gasteiger partial charge in [0.05, 0.1) is 5.60 Å². The molecule has 2 heteroatoms. The van der Waals surface area contributed by atoms with Crippen LogP contribution >= 0.6 is 0 Å². The molecule has 82 valence electrons. The minimum absolute atomic E-state index is 0.475. The lowest BCUT2D eigenvalue weighted by Gasteiger charge is -2.35. The Kier molecular flexibility index (Phi) is 3.13. The van der Waals surface area contributed by atoms with Crippen molar-refractivity contribution in [3.8, 4) is 0 Å². The Balaban J connectivity index is 2.01. The first-order chi connectivity index (χ1) is 6.77. The average molecular weight is 197 g/mol. The van der Waals surface area contributed by atoms with Crippen LogP contribution in [0.1, 0.15) is 51.4 Å². The van der Waals surface area contributed by atoms with Gasteiger partial charge in [-0.1, -0.05) is 25.7 Å². The molecule has 0 saturated heterocycles. The van der Waals surface area contributed by atoms with Gasteiger partial charge in [0.1, 0.15) is 0 Å². The van der Waals surface area contributed by atoms with Crippen molar-refractivity contribution in [2.75, 3.05) is 6.54 Å². The summed E-state index contributed by atoms with van der Waals surface area (Å²) in [6.07, 6.45) is 10.1. The number of rotatable bonds is 3. The van der Waals surface area contributed by atoms with E-state index in [1.54, 1.807) is 0 Å². The fraction of sp³-hybridized carbons (Fsp3) is 1.00. The Morgan fingerprint density at radius 2 is 1.43 bits per heavy atom. The number of aliphatic hydroxyl groups is 1. The van der Waals surface area contributed by atoms with Crippen LogP contribution in [-0.4, -0.2) is 17.3 Å². The van der Waals surface area contributed by atoms with Gasteiger partial charge in [-0.2, -0.15) is 0 Å². The Morgan fingerprint density at radius 3 is 1.86 bits per heavy atom. The summed E-state index contributed by atoms with van der Waals surface area (Å²) in [7, 11) is 0. The molecule has 0 radical (unpaired) electrons. The van der Waals surface area contributed by atoms with E-state index < -0.39 is 5.60 Å². The van der Waals surface area contributed by atoms with E-state index in [1.807, 2.05) is 0 Å². The Bertz CT molecular complexity index is 183. The van der Waals surface area contributed by atoms with Crippen molar-refractivity contribution in [2.45, 2.75) is 57.0 Å². The lowest BCUT2D eigenvalue weighted by molar-refractivity contribution is -0.0366. The van der Waals surface area contributed by atoms with Crippen molar-refractivity contribution in [1.82, 2.24) is 0 Å². The zero-order chi connectivity index (χ0) is 10.0. The summed E-state index contributed by atoms with van der Waals surface area (Å²) in [5, 5.41) is 10.6. The molecule has 3 N–H and O–H groups in total. The van der Waals surface area contributed by atoms with Gasteiger partial charge in [-0.15, -0.1) is 0 Å².